The standard InChI is InChI=1S/C18H20O2/c19-16-8-4-14(5-9-16)18(12-2-1-3-13-18)15-6-10-17(20)11-7-15/h4-11,19-20H,1-3,12-13H2/i12D. The van der Waals surface area contributed by atoms with Crippen molar-refractivity contribution in [3.05, 3.63) is 59.7 Å². The maximum atomic E-state index is 9.53. The molecular formula is C18H20O2. The highest BCUT2D eigenvalue weighted by Gasteiger charge is 2.35. The molecule has 2 nitrogen and oxygen atoms in total. The SMILES string of the molecule is [2H]C1CCCCC1(c1ccc(O)cc1)c1ccc(O)cc1. The van der Waals surface area contributed by atoms with E-state index in [1.807, 2.05) is 24.3 Å². The van der Waals surface area contributed by atoms with E-state index < -0.39 is 0 Å². The number of rotatable bonds is 2. The van der Waals surface area contributed by atoms with Crippen molar-refractivity contribution in [2.45, 2.75) is 37.5 Å². The molecule has 0 spiro atoms. The van der Waals surface area contributed by atoms with Gasteiger partial charge in [0.05, 0.1) is 0 Å². The average Bonchev–Trinajstić information content (AvgIpc) is 2.50. The Kier molecular flexibility index (Phi) is 3.08. The van der Waals surface area contributed by atoms with Crippen molar-refractivity contribution in [1.29, 1.82) is 0 Å². The van der Waals surface area contributed by atoms with Gasteiger partial charge >= 0.3 is 0 Å². The summed E-state index contributed by atoms with van der Waals surface area (Å²) >= 11 is 0. The molecule has 1 fully saturated rings. The van der Waals surface area contributed by atoms with E-state index in [4.69, 9.17) is 1.37 Å². The van der Waals surface area contributed by atoms with Crippen LogP contribution in [0, 0.1) is 0 Å². The quantitative estimate of drug-likeness (QED) is 0.851. The summed E-state index contributed by atoms with van der Waals surface area (Å²) in [4.78, 5) is 0. The zero-order chi connectivity index (χ0) is 14.9. The molecule has 1 aliphatic rings. The van der Waals surface area contributed by atoms with Gasteiger partial charge in [-0.25, -0.2) is 0 Å². The van der Waals surface area contributed by atoms with Crippen molar-refractivity contribution in [3.8, 4) is 11.5 Å². The van der Waals surface area contributed by atoms with Crippen molar-refractivity contribution in [2.24, 2.45) is 0 Å². The molecule has 0 saturated heterocycles. The number of phenolic OH excluding ortho intramolecular Hbond substituents is 2. The maximum Gasteiger partial charge on any atom is 0.115 e. The summed E-state index contributed by atoms with van der Waals surface area (Å²) in [6.45, 7) is 0. The third-order valence-corrected chi connectivity index (χ3v) is 4.28. The largest absolute Gasteiger partial charge is 0.508 e. The van der Waals surface area contributed by atoms with Crippen LogP contribution in [0.15, 0.2) is 48.5 Å². The van der Waals surface area contributed by atoms with Gasteiger partial charge in [0.15, 0.2) is 0 Å². The fourth-order valence-electron chi connectivity index (χ4n) is 3.21. The van der Waals surface area contributed by atoms with E-state index in [2.05, 4.69) is 0 Å². The molecule has 20 heavy (non-hydrogen) atoms. The molecule has 0 bridgehead atoms. The molecule has 1 aliphatic carbocycles. The number of hydrogen-bond acceptors (Lipinski definition) is 2. The molecule has 0 aliphatic heterocycles. The van der Waals surface area contributed by atoms with Gasteiger partial charge in [-0.2, -0.15) is 0 Å². The fraction of sp³-hybridized carbons (Fsp3) is 0.333. The van der Waals surface area contributed by atoms with Gasteiger partial charge in [-0.3, -0.25) is 0 Å². The Bertz CT molecular complexity index is 559. The summed E-state index contributed by atoms with van der Waals surface area (Å²) in [5.41, 5.74) is 1.80. The van der Waals surface area contributed by atoms with Crippen molar-refractivity contribution in [2.75, 3.05) is 0 Å². The first-order valence-corrected chi connectivity index (χ1v) is 7.14. The van der Waals surface area contributed by atoms with Gasteiger partial charge < -0.3 is 10.2 Å². The minimum atomic E-state index is -0.348. The Balaban J connectivity index is 2.14. The summed E-state index contributed by atoms with van der Waals surface area (Å²) in [6, 6.07) is 14.5. The van der Waals surface area contributed by atoms with Gasteiger partial charge in [0.1, 0.15) is 11.5 Å². The fourth-order valence-corrected chi connectivity index (χ4v) is 3.21. The van der Waals surface area contributed by atoms with Gasteiger partial charge in [-0.15, -0.1) is 0 Å². The lowest BCUT2D eigenvalue weighted by atomic mass is 9.65. The number of benzene rings is 2. The number of aromatic hydroxyl groups is 2. The van der Waals surface area contributed by atoms with Crippen molar-refractivity contribution >= 4 is 0 Å². The Hall–Kier alpha value is -1.96. The normalized spacial score (nSPS) is 22.2. The molecule has 104 valence electrons. The van der Waals surface area contributed by atoms with E-state index in [-0.39, 0.29) is 23.3 Å². The molecule has 0 amide bonds. The van der Waals surface area contributed by atoms with Crippen molar-refractivity contribution in [3.63, 3.8) is 0 Å². The van der Waals surface area contributed by atoms with Crippen LogP contribution in [0.1, 0.15) is 44.6 Å². The monoisotopic (exact) mass is 269 g/mol. The maximum absolute atomic E-state index is 9.53. The van der Waals surface area contributed by atoms with Crippen molar-refractivity contribution in [1.82, 2.24) is 0 Å². The predicted molar refractivity (Wildman–Crippen MR) is 80.1 cm³/mol. The smallest absolute Gasteiger partial charge is 0.115 e. The topological polar surface area (TPSA) is 40.5 Å². The molecule has 2 aromatic carbocycles. The summed E-state index contributed by atoms with van der Waals surface area (Å²) < 4.78 is 8.63. The van der Waals surface area contributed by atoms with Crippen LogP contribution in [0.4, 0.5) is 0 Å². The lowest BCUT2D eigenvalue weighted by molar-refractivity contribution is 0.345. The van der Waals surface area contributed by atoms with E-state index in [1.165, 1.54) is 0 Å². The molecule has 3 rings (SSSR count). The Morgan fingerprint density at radius 3 is 1.70 bits per heavy atom. The Morgan fingerprint density at radius 2 is 1.25 bits per heavy atom. The van der Waals surface area contributed by atoms with Crippen LogP contribution in [0.5, 0.6) is 11.5 Å². The first-order chi connectivity index (χ1) is 10.1. The van der Waals surface area contributed by atoms with Crippen molar-refractivity contribution < 1.29 is 11.6 Å². The van der Waals surface area contributed by atoms with E-state index >= 15 is 0 Å². The molecule has 0 radical (unpaired) electrons. The second-order valence-corrected chi connectivity index (χ2v) is 5.52. The highest BCUT2D eigenvalue weighted by Crippen LogP contribution is 2.45. The van der Waals surface area contributed by atoms with Gasteiger partial charge in [0.2, 0.25) is 0 Å². The van der Waals surface area contributed by atoms with Gasteiger partial charge in [0, 0.05) is 6.79 Å². The second kappa shape index (κ2) is 5.20. The molecule has 1 saturated carbocycles. The van der Waals surface area contributed by atoms with Crippen LogP contribution in [0.25, 0.3) is 0 Å². The second-order valence-electron chi connectivity index (χ2n) is 5.52. The summed E-state index contributed by atoms with van der Waals surface area (Å²) in [5.74, 6) is 0.494. The summed E-state index contributed by atoms with van der Waals surface area (Å²) in [6.07, 6.45) is 3.78. The molecule has 2 aromatic rings. The molecule has 1 atom stereocenters. The molecule has 0 aromatic heterocycles. The lowest BCUT2D eigenvalue weighted by Gasteiger charge is -2.38. The van der Waals surface area contributed by atoms with Crippen LogP contribution in [0.3, 0.4) is 0 Å². The molecule has 0 heterocycles. The van der Waals surface area contributed by atoms with Crippen LogP contribution in [-0.2, 0) is 5.41 Å². The van der Waals surface area contributed by atoms with E-state index in [1.54, 1.807) is 24.3 Å². The lowest BCUT2D eigenvalue weighted by Crippen LogP contribution is -2.30. The highest BCUT2D eigenvalue weighted by atomic mass is 16.3. The minimum absolute atomic E-state index is 0.208. The Morgan fingerprint density at radius 1 is 0.750 bits per heavy atom. The van der Waals surface area contributed by atoms with Crippen LogP contribution in [0.2, 0.25) is 0 Å². The van der Waals surface area contributed by atoms with Gasteiger partial charge in [-0.1, -0.05) is 43.5 Å². The third kappa shape index (κ3) is 2.26. The number of phenols is 2. The van der Waals surface area contributed by atoms with Crippen LogP contribution in [-0.4, -0.2) is 10.2 Å². The Labute approximate surface area is 121 Å². The van der Waals surface area contributed by atoms with E-state index in [0.29, 0.717) is 0 Å². The summed E-state index contributed by atoms with van der Waals surface area (Å²) in [7, 11) is 0. The predicted octanol–water partition coefficient (Wildman–Crippen LogP) is 4.35. The zero-order valence-electron chi connectivity index (χ0n) is 12.4. The molecule has 2 N–H and O–H groups in total. The van der Waals surface area contributed by atoms with Crippen LogP contribution >= 0.6 is 0 Å². The third-order valence-electron chi connectivity index (χ3n) is 4.28. The van der Waals surface area contributed by atoms with E-state index in [9.17, 15) is 10.2 Å². The molecule has 2 heteroatoms. The highest BCUT2D eigenvalue weighted by molar-refractivity contribution is 5.43. The summed E-state index contributed by atoms with van der Waals surface area (Å²) in [5, 5.41) is 19.1. The molecular weight excluding hydrogens is 248 g/mol. The average molecular weight is 269 g/mol. The minimum Gasteiger partial charge on any atom is -0.508 e. The zero-order valence-corrected chi connectivity index (χ0v) is 11.4. The van der Waals surface area contributed by atoms with Gasteiger partial charge in [0.25, 0.3) is 0 Å². The molecule has 1 unspecified atom stereocenters. The first-order valence-electron chi connectivity index (χ1n) is 7.72. The number of hydrogen-bond donors (Lipinski definition) is 2. The first kappa shape index (κ1) is 11.8. The van der Waals surface area contributed by atoms with Crippen LogP contribution < -0.4 is 0 Å². The van der Waals surface area contributed by atoms with Gasteiger partial charge in [-0.05, 0) is 48.2 Å². The van der Waals surface area contributed by atoms with E-state index in [0.717, 1.165) is 36.8 Å².